The average molecular weight is 498 g/mol. The lowest BCUT2D eigenvalue weighted by Gasteiger charge is -2.13. The van der Waals surface area contributed by atoms with Gasteiger partial charge >= 0.3 is 24.2 Å². The molecule has 12 nitrogen and oxygen atoms in total. The second-order valence-corrected chi connectivity index (χ2v) is 6.80. The van der Waals surface area contributed by atoms with E-state index in [9.17, 15) is 28.8 Å². The second kappa shape index (κ2) is 12.3. The summed E-state index contributed by atoms with van der Waals surface area (Å²) in [6.07, 6.45) is -2.93. The standard InChI is InChI=1S/C24H18O12/c1-13(2)21(27)35-23(29)33-18-8-6-16(10-20(18)34-24(30)36-22(28)14(3)4)15-5-7-17(31-11-25)19(9-15)32-12-26/h5-12H,1,3H2,2,4H3. The molecule has 0 N–H and O–H groups in total. The Kier molecular flexibility index (Phi) is 9.20. The molecule has 2 aromatic rings. The zero-order chi connectivity index (χ0) is 26.8. The molecule has 0 saturated carbocycles. The summed E-state index contributed by atoms with van der Waals surface area (Å²) in [6, 6.07) is 7.92. The van der Waals surface area contributed by atoms with Crippen molar-refractivity contribution in [1.82, 2.24) is 0 Å². The number of carbonyl (C=O) groups is 6. The first kappa shape index (κ1) is 27.0. The molecular weight excluding hydrogens is 480 g/mol. The lowest BCUT2D eigenvalue weighted by atomic mass is 10.0. The molecule has 36 heavy (non-hydrogen) atoms. The van der Waals surface area contributed by atoms with Crippen LogP contribution in [-0.4, -0.2) is 37.2 Å². The zero-order valence-corrected chi connectivity index (χ0v) is 18.9. The summed E-state index contributed by atoms with van der Waals surface area (Å²) in [4.78, 5) is 68.7. The van der Waals surface area contributed by atoms with Gasteiger partial charge in [-0.25, -0.2) is 19.2 Å². The average Bonchev–Trinajstić information content (AvgIpc) is 2.81. The van der Waals surface area contributed by atoms with Crippen LogP contribution in [0.1, 0.15) is 13.8 Å². The minimum Gasteiger partial charge on any atom is -0.425 e. The van der Waals surface area contributed by atoms with Crippen LogP contribution < -0.4 is 18.9 Å². The maximum atomic E-state index is 12.1. The summed E-state index contributed by atoms with van der Waals surface area (Å²) in [7, 11) is 0. The number of ether oxygens (including phenoxy) is 6. The summed E-state index contributed by atoms with van der Waals surface area (Å²) >= 11 is 0. The van der Waals surface area contributed by atoms with Crippen LogP contribution >= 0.6 is 0 Å². The molecule has 0 heterocycles. The van der Waals surface area contributed by atoms with E-state index in [1.165, 1.54) is 50.2 Å². The number of carbonyl (C=O) groups excluding carboxylic acids is 6. The van der Waals surface area contributed by atoms with E-state index in [0.717, 1.165) is 0 Å². The van der Waals surface area contributed by atoms with Crippen molar-refractivity contribution in [3.05, 3.63) is 60.7 Å². The van der Waals surface area contributed by atoms with Crippen LogP contribution in [0.25, 0.3) is 11.1 Å². The maximum Gasteiger partial charge on any atom is 0.522 e. The van der Waals surface area contributed by atoms with Gasteiger partial charge < -0.3 is 28.4 Å². The van der Waals surface area contributed by atoms with Gasteiger partial charge in [0.1, 0.15) is 0 Å². The van der Waals surface area contributed by atoms with E-state index in [-0.39, 0.29) is 41.3 Å². The monoisotopic (exact) mass is 498 g/mol. The van der Waals surface area contributed by atoms with Gasteiger partial charge in [-0.15, -0.1) is 0 Å². The Bertz CT molecular complexity index is 1260. The molecule has 2 aromatic carbocycles. The molecule has 0 amide bonds. The minimum atomic E-state index is -1.48. The van der Waals surface area contributed by atoms with E-state index in [4.69, 9.17) is 18.9 Å². The van der Waals surface area contributed by atoms with E-state index in [1.807, 2.05) is 0 Å². The lowest BCUT2D eigenvalue weighted by molar-refractivity contribution is -0.135. The third-order valence-corrected chi connectivity index (χ3v) is 4.01. The molecule has 0 atom stereocenters. The summed E-state index contributed by atoms with van der Waals surface area (Å²) < 4.78 is 28.4. The van der Waals surface area contributed by atoms with Gasteiger partial charge in [0.05, 0.1) is 0 Å². The van der Waals surface area contributed by atoms with Gasteiger partial charge in [-0.2, -0.15) is 0 Å². The first-order valence-electron chi connectivity index (χ1n) is 9.73. The first-order valence-corrected chi connectivity index (χ1v) is 9.73. The summed E-state index contributed by atoms with van der Waals surface area (Å²) in [6.45, 7) is 9.53. The van der Waals surface area contributed by atoms with Crippen LogP contribution in [0.4, 0.5) is 9.59 Å². The van der Waals surface area contributed by atoms with Gasteiger partial charge in [-0.1, -0.05) is 25.3 Å². The van der Waals surface area contributed by atoms with Crippen LogP contribution in [0.2, 0.25) is 0 Å². The van der Waals surface area contributed by atoms with Crippen molar-refractivity contribution < 1.29 is 57.2 Å². The molecule has 0 bridgehead atoms. The molecule has 0 aliphatic carbocycles. The van der Waals surface area contributed by atoms with Gasteiger partial charge in [0.2, 0.25) is 0 Å². The van der Waals surface area contributed by atoms with Crippen LogP contribution in [0.3, 0.4) is 0 Å². The van der Waals surface area contributed by atoms with Crippen molar-refractivity contribution in [2.24, 2.45) is 0 Å². The molecule has 12 heteroatoms. The molecule has 0 unspecified atom stereocenters. The SMILES string of the molecule is C=C(C)C(=O)OC(=O)Oc1ccc(-c2ccc(OC=O)c(OC=O)c2)cc1OC(=O)OC(=O)C(=C)C. The number of hydrogen-bond acceptors (Lipinski definition) is 12. The number of esters is 2. The van der Waals surface area contributed by atoms with Gasteiger partial charge in [-0.05, 0) is 49.2 Å². The highest BCUT2D eigenvalue weighted by molar-refractivity contribution is 5.95. The topological polar surface area (TPSA) is 158 Å². The third-order valence-electron chi connectivity index (χ3n) is 4.01. The van der Waals surface area contributed by atoms with Crippen LogP contribution in [0.15, 0.2) is 60.7 Å². The molecule has 0 aromatic heterocycles. The summed E-state index contributed by atoms with van der Waals surface area (Å²) in [5, 5.41) is 0. The van der Waals surface area contributed by atoms with Crippen molar-refractivity contribution in [2.45, 2.75) is 13.8 Å². The van der Waals surface area contributed by atoms with Crippen LogP contribution in [0, 0.1) is 0 Å². The van der Waals surface area contributed by atoms with Crippen LogP contribution in [0.5, 0.6) is 23.0 Å². The normalized spacial score (nSPS) is 9.72. The second-order valence-electron chi connectivity index (χ2n) is 6.80. The molecule has 2 rings (SSSR count). The van der Waals surface area contributed by atoms with Gasteiger partial charge in [0.25, 0.3) is 12.9 Å². The molecule has 0 spiro atoms. The zero-order valence-electron chi connectivity index (χ0n) is 18.9. The van der Waals surface area contributed by atoms with E-state index in [0.29, 0.717) is 11.1 Å². The Morgan fingerprint density at radius 1 is 0.639 bits per heavy atom. The Hall–Kier alpha value is -5.26. The quantitative estimate of drug-likeness (QED) is 0.163. The van der Waals surface area contributed by atoms with E-state index in [2.05, 4.69) is 22.6 Å². The molecule has 0 saturated heterocycles. The highest BCUT2D eigenvalue weighted by Crippen LogP contribution is 2.37. The fourth-order valence-corrected chi connectivity index (χ4v) is 2.38. The van der Waals surface area contributed by atoms with E-state index >= 15 is 0 Å². The predicted molar refractivity (Wildman–Crippen MR) is 119 cm³/mol. The fraction of sp³-hybridized carbons (Fsp3) is 0.0833. The van der Waals surface area contributed by atoms with Crippen molar-refractivity contribution in [3.8, 4) is 34.1 Å². The fourth-order valence-electron chi connectivity index (χ4n) is 2.38. The van der Waals surface area contributed by atoms with Gasteiger partial charge in [0.15, 0.2) is 23.0 Å². The molecule has 0 aliphatic rings. The number of benzene rings is 2. The highest BCUT2D eigenvalue weighted by atomic mass is 16.8. The van der Waals surface area contributed by atoms with Crippen molar-refractivity contribution in [1.29, 1.82) is 0 Å². The Balaban J connectivity index is 2.45. The highest BCUT2D eigenvalue weighted by Gasteiger charge is 2.21. The molecular formula is C24H18O12. The minimum absolute atomic E-state index is 0.0518. The van der Waals surface area contributed by atoms with Gasteiger partial charge in [-0.3, -0.25) is 9.59 Å². The number of rotatable bonds is 9. The van der Waals surface area contributed by atoms with Crippen molar-refractivity contribution in [3.63, 3.8) is 0 Å². The molecule has 0 radical (unpaired) electrons. The van der Waals surface area contributed by atoms with Gasteiger partial charge in [0, 0.05) is 11.1 Å². The predicted octanol–water partition coefficient (Wildman–Crippen LogP) is 3.66. The van der Waals surface area contributed by atoms with Crippen molar-refractivity contribution in [2.75, 3.05) is 0 Å². The van der Waals surface area contributed by atoms with E-state index < -0.39 is 30.0 Å². The summed E-state index contributed by atoms with van der Waals surface area (Å²) in [5.41, 5.74) is 0.527. The molecule has 186 valence electrons. The lowest BCUT2D eigenvalue weighted by Crippen LogP contribution is -2.19. The maximum absolute atomic E-state index is 12.1. The third kappa shape index (κ3) is 7.38. The first-order chi connectivity index (χ1) is 17.0. The number of hydrogen-bond donors (Lipinski definition) is 0. The Morgan fingerprint density at radius 3 is 1.53 bits per heavy atom. The Morgan fingerprint density at radius 2 is 1.06 bits per heavy atom. The Labute approximate surface area is 203 Å². The smallest absolute Gasteiger partial charge is 0.425 e. The largest absolute Gasteiger partial charge is 0.522 e. The van der Waals surface area contributed by atoms with E-state index in [1.54, 1.807) is 0 Å². The molecule has 0 aliphatic heterocycles. The van der Waals surface area contributed by atoms with Crippen molar-refractivity contribution >= 4 is 37.2 Å². The molecule has 0 fully saturated rings. The summed E-state index contributed by atoms with van der Waals surface area (Å²) in [5.74, 6) is -3.08. The van der Waals surface area contributed by atoms with Crippen LogP contribution in [-0.2, 0) is 28.7 Å².